The molecule has 0 aliphatic heterocycles. The van der Waals surface area contributed by atoms with Crippen LogP contribution in [0.1, 0.15) is 26.3 Å². The molecule has 7 heteroatoms. The summed E-state index contributed by atoms with van der Waals surface area (Å²) in [5.74, 6) is -2.33. The van der Waals surface area contributed by atoms with Crippen molar-refractivity contribution in [1.29, 1.82) is 0 Å². The molecular formula is C18H17FN2O4. The molecule has 0 aromatic heterocycles. The zero-order chi connectivity index (χ0) is 18.2. The molecule has 130 valence electrons. The van der Waals surface area contributed by atoms with Crippen molar-refractivity contribution in [3.05, 3.63) is 71.0 Å². The first-order valence-corrected chi connectivity index (χ1v) is 7.59. The monoisotopic (exact) mass is 344 g/mol. The predicted octanol–water partition coefficient (Wildman–Crippen LogP) is 1.61. The number of hydrogen-bond acceptors (Lipinski definition) is 3. The van der Waals surface area contributed by atoms with E-state index in [4.69, 9.17) is 5.11 Å². The highest BCUT2D eigenvalue weighted by atomic mass is 19.1. The Labute approximate surface area is 143 Å². The van der Waals surface area contributed by atoms with E-state index in [-0.39, 0.29) is 42.4 Å². The second-order valence-corrected chi connectivity index (χ2v) is 5.26. The minimum Gasteiger partial charge on any atom is -0.478 e. The largest absolute Gasteiger partial charge is 0.478 e. The Morgan fingerprint density at radius 1 is 0.880 bits per heavy atom. The fraction of sp³-hybridized carbons (Fsp3) is 0.167. The molecule has 2 amide bonds. The molecule has 2 aromatic carbocycles. The van der Waals surface area contributed by atoms with Crippen molar-refractivity contribution in [1.82, 2.24) is 10.6 Å². The lowest BCUT2D eigenvalue weighted by Gasteiger charge is -2.09. The van der Waals surface area contributed by atoms with Crippen LogP contribution in [0.2, 0.25) is 0 Å². The van der Waals surface area contributed by atoms with Gasteiger partial charge < -0.3 is 15.7 Å². The number of rotatable bonds is 7. The highest BCUT2D eigenvalue weighted by Crippen LogP contribution is 2.08. The number of nitrogens with one attached hydrogen (secondary N) is 2. The Morgan fingerprint density at radius 2 is 1.48 bits per heavy atom. The van der Waals surface area contributed by atoms with Crippen molar-refractivity contribution < 1.29 is 23.9 Å². The fourth-order valence-corrected chi connectivity index (χ4v) is 2.19. The van der Waals surface area contributed by atoms with E-state index >= 15 is 0 Å². The highest BCUT2D eigenvalue weighted by molar-refractivity contribution is 6.04. The molecule has 0 saturated heterocycles. The third-order valence-electron chi connectivity index (χ3n) is 3.41. The summed E-state index contributed by atoms with van der Waals surface area (Å²) < 4.78 is 12.8. The van der Waals surface area contributed by atoms with Crippen LogP contribution in [-0.2, 0) is 11.2 Å². The maximum Gasteiger partial charge on any atom is 0.336 e. The molecule has 0 fully saturated rings. The van der Waals surface area contributed by atoms with Gasteiger partial charge in [-0.1, -0.05) is 24.3 Å². The first kappa shape index (κ1) is 18.1. The van der Waals surface area contributed by atoms with Gasteiger partial charge in [0.1, 0.15) is 5.82 Å². The van der Waals surface area contributed by atoms with Crippen LogP contribution in [-0.4, -0.2) is 36.0 Å². The highest BCUT2D eigenvalue weighted by Gasteiger charge is 2.15. The molecule has 0 aliphatic carbocycles. The average Bonchev–Trinajstić information content (AvgIpc) is 2.60. The van der Waals surface area contributed by atoms with Gasteiger partial charge in [-0.05, 0) is 29.8 Å². The summed E-state index contributed by atoms with van der Waals surface area (Å²) in [6.07, 6.45) is 0.107. The van der Waals surface area contributed by atoms with Crippen molar-refractivity contribution in [3.63, 3.8) is 0 Å². The van der Waals surface area contributed by atoms with Gasteiger partial charge in [-0.3, -0.25) is 9.59 Å². The van der Waals surface area contributed by atoms with Crippen LogP contribution in [0.5, 0.6) is 0 Å². The van der Waals surface area contributed by atoms with Crippen LogP contribution < -0.4 is 10.6 Å². The molecular weight excluding hydrogens is 327 g/mol. The summed E-state index contributed by atoms with van der Waals surface area (Å²) in [5, 5.41) is 14.2. The molecule has 0 spiro atoms. The normalized spacial score (nSPS) is 10.1. The third kappa shape index (κ3) is 5.42. The Hall–Kier alpha value is -3.22. The minimum atomic E-state index is -1.18. The third-order valence-corrected chi connectivity index (χ3v) is 3.41. The number of aromatic carboxylic acids is 1. The smallest absolute Gasteiger partial charge is 0.336 e. The van der Waals surface area contributed by atoms with Gasteiger partial charge in [0.15, 0.2) is 0 Å². The summed E-state index contributed by atoms with van der Waals surface area (Å²) in [7, 11) is 0. The number of benzene rings is 2. The topological polar surface area (TPSA) is 95.5 Å². The van der Waals surface area contributed by atoms with Gasteiger partial charge in [-0.2, -0.15) is 0 Å². The first-order chi connectivity index (χ1) is 12.0. The van der Waals surface area contributed by atoms with Crippen LogP contribution >= 0.6 is 0 Å². The van der Waals surface area contributed by atoms with Gasteiger partial charge in [0.25, 0.3) is 5.91 Å². The van der Waals surface area contributed by atoms with E-state index in [9.17, 15) is 18.8 Å². The van der Waals surface area contributed by atoms with Gasteiger partial charge >= 0.3 is 5.97 Å². The van der Waals surface area contributed by atoms with E-state index in [0.29, 0.717) is 5.56 Å². The van der Waals surface area contributed by atoms with E-state index < -0.39 is 11.9 Å². The van der Waals surface area contributed by atoms with Crippen LogP contribution in [0, 0.1) is 5.82 Å². The number of hydrogen-bond donors (Lipinski definition) is 3. The van der Waals surface area contributed by atoms with E-state index in [1.807, 2.05) is 0 Å². The lowest BCUT2D eigenvalue weighted by atomic mass is 10.1. The summed E-state index contributed by atoms with van der Waals surface area (Å²) in [6, 6.07) is 11.5. The molecule has 0 aliphatic rings. The van der Waals surface area contributed by atoms with Gasteiger partial charge in [-0.15, -0.1) is 0 Å². The summed E-state index contributed by atoms with van der Waals surface area (Å²) in [4.78, 5) is 34.9. The molecule has 6 nitrogen and oxygen atoms in total. The quantitative estimate of drug-likeness (QED) is 0.665. The van der Waals surface area contributed by atoms with Crippen LogP contribution in [0.25, 0.3) is 0 Å². The van der Waals surface area contributed by atoms with E-state index in [2.05, 4.69) is 10.6 Å². The van der Waals surface area contributed by atoms with Crippen molar-refractivity contribution in [3.8, 4) is 0 Å². The SMILES string of the molecule is O=C(Cc1ccc(F)cc1)NCCNC(=O)c1ccccc1C(=O)O. The van der Waals surface area contributed by atoms with Crippen molar-refractivity contribution in [2.24, 2.45) is 0 Å². The van der Waals surface area contributed by atoms with E-state index in [0.717, 1.165) is 0 Å². The van der Waals surface area contributed by atoms with Crippen LogP contribution in [0.15, 0.2) is 48.5 Å². The van der Waals surface area contributed by atoms with E-state index in [1.54, 1.807) is 6.07 Å². The number of halogens is 1. The number of amides is 2. The molecule has 0 saturated carbocycles. The second kappa shape index (κ2) is 8.58. The standard InChI is InChI=1S/C18H17FN2O4/c19-13-7-5-12(6-8-13)11-16(22)20-9-10-21-17(23)14-3-1-2-4-15(14)18(24)25/h1-8H,9-11H2,(H,20,22)(H,21,23)(H,24,25). The maximum absolute atomic E-state index is 12.8. The van der Waals surface area contributed by atoms with Crippen molar-refractivity contribution >= 4 is 17.8 Å². The second-order valence-electron chi connectivity index (χ2n) is 5.26. The number of carboxylic acid groups (broad SMARTS) is 1. The van der Waals surface area contributed by atoms with Gasteiger partial charge in [0.2, 0.25) is 5.91 Å². The summed E-state index contributed by atoms with van der Waals surface area (Å²) in [5.41, 5.74) is 0.659. The van der Waals surface area contributed by atoms with Gasteiger partial charge in [-0.25, -0.2) is 9.18 Å². The zero-order valence-corrected chi connectivity index (χ0v) is 13.3. The van der Waals surface area contributed by atoms with Crippen LogP contribution in [0.4, 0.5) is 4.39 Å². The van der Waals surface area contributed by atoms with Gasteiger partial charge in [0.05, 0.1) is 17.5 Å². The number of carboxylic acids is 1. The minimum absolute atomic E-state index is 0.0626. The fourth-order valence-electron chi connectivity index (χ4n) is 2.19. The van der Waals surface area contributed by atoms with Gasteiger partial charge in [0, 0.05) is 13.1 Å². The summed E-state index contributed by atoms with van der Waals surface area (Å²) in [6.45, 7) is 0.350. The Bertz CT molecular complexity index is 775. The Balaban J connectivity index is 1.77. The zero-order valence-electron chi connectivity index (χ0n) is 13.3. The Kier molecular flexibility index (Phi) is 6.22. The van der Waals surface area contributed by atoms with E-state index in [1.165, 1.54) is 42.5 Å². The lowest BCUT2D eigenvalue weighted by molar-refractivity contribution is -0.120. The molecule has 2 aromatic rings. The summed E-state index contributed by atoms with van der Waals surface area (Å²) >= 11 is 0. The average molecular weight is 344 g/mol. The maximum atomic E-state index is 12.8. The molecule has 0 bridgehead atoms. The molecule has 3 N–H and O–H groups in total. The van der Waals surface area contributed by atoms with Crippen molar-refractivity contribution in [2.45, 2.75) is 6.42 Å². The first-order valence-electron chi connectivity index (χ1n) is 7.59. The molecule has 0 heterocycles. The Morgan fingerprint density at radius 3 is 2.12 bits per heavy atom. The van der Waals surface area contributed by atoms with Crippen LogP contribution in [0.3, 0.4) is 0 Å². The molecule has 0 atom stereocenters. The molecule has 25 heavy (non-hydrogen) atoms. The molecule has 0 radical (unpaired) electrons. The molecule has 0 unspecified atom stereocenters. The number of carbonyl (C=O) groups excluding carboxylic acids is 2. The lowest BCUT2D eigenvalue weighted by Crippen LogP contribution is -2.35. The molecule has 2 rings (SSSR count). The predicted molar refractivity (Wildman–Crippen MR) is 88.8 cm³/mol. The number of carbonyl (C=O) groups is 3. The van der Waals surface area contributed by atoms with Crippen molar-refractivity contribution in [2.75, 3.05) is 13.1 Å².